The van der Waals surface area contributed by atoms with E-state index in [0.717, 1.165) is 11.5 Å². The average molecular weight is 465 g/mol. The fraction of sp³-hybridized carbons (Fsp3) is 0.273. The lowest BCUT2D eigenvalue weighted by molar-refractivity contribution is 0.301. The van der Waals surface area contributed by atoms with Crippen molar-refractivity contribution in [2.45, 2.75) is 60.2 Å². The molecule has 0 radical (unpaired) electrons. The van der Waals surface area contributed by atoms with Crippen LogP contribution in [0.25, 0.3) is 0 Å². The summed E-state index contributed by atoms with van der Waals surface area (Å²) < 4.78 is 12.5. The van der Waals surface area contributed by atoms with Crippen molar-refractivity contribution in [3.8, 4) is 11.5 Å². The second-order valence-corrected chi connectivity index (χ2v) is 10.1. The minimum Gasteiger partial charge on any atom is -0.488 e. The highest BCUT2D eigenvalue weighted by Gasteiger charge is 2.26. The molecule has 0 spiro atoms. The zero-order valence-electron chi connectivity index (χ0n) is 21.8. The van der Waals surface area contributed by atoms with E-state index in [4.69, 9.17) is 9.47 Å². The number of aryl methyl sites for hydroxylation is 4. The summed E-state index contributed by atoms with van der Waals surface area (Å²) in [5.41, 5.74) is 9.45. The number of hydrogen-bond donors (Lipinski definition) is 0. The Labute approximate surface area is 210 Å². The van der Waals surface area contributed by atoms with Crippen LogP contribution >= 0.6 is 0 Å². The fourth-order valence-electron chi connectivity index (χ4n) is 4.70. The van der Waals surface area contributed by atoms with Crippen molar-refractivity contribution in [2.24, 2.45) is 0 Å². The molecule has 0 fully saturated rings. The van der Waals surface area contributed by atoms with Gasteiger partial charge in [0.1, 0.15) is 24.7 Å². The van der Waals surface area contributed by atoms with Gasteiger partial charge in [-0.3, -0.25) is 0 Å². The first kappa shape index (κ1) is 24.6. The number of hydrogen-bond acceptors (Lipinski definition) is 2. The molecule has 0 saturated carbocycles. The van der Waals surface area contributed by atoms with Crippen LogP contribution in [0.2, 0.25) is 0 Å². The van der Waals surface area contributed by atoms with E-state index < -0.39 is 0 Å². The second kappa shape index (κ2) is 10.4. The Morgan fingerprint density at radius 3 is 1.14 bits per heavy atom. The molecule has 0 aromatic heterocycles. The van der Waals surface area contributed by atoms with Gasteiger partial charge in [-0.25, -0.2) is 0 Å². The van der Waals surface area contributed by atoms with Crippen molar-refractivity contribution in [2.75, 3.05) is 0 Å². The molecule has 0 amide bonds. The molecule has 2 heteroatoms. The highest BCUT2D eigenvalue weighted by molar-refractivity contribution is 5.52. The Morgan fingerprint density at radius 2 is 0.829 bits per heavy atom. The maximum absolute atomic E-state index is 6.23. The van der Waals surface area contributed by atoms with E-state index in [9.17, 15) is 0 Å². The van der Waals surface area contributed by atoms with Crippen LogP contribution in [0.15, 0.2) is 84.9 Å². The summed E-state index contributed by atoms with van der Waals surface area (Å²) in [6, 6.07) is 29.7. The Hall–Kier alpha value is -3.52. The standard InChI is InChI=1S/C33H36O2/c1-23-17-29(18-24(2)31(23)34-21-27-13-9-7-10-14-27)33(5,6)30-19-25(3)32(26(4)20-30)35-22-28-15-11-8-12-16-28/h7-20H,21-22H2,1-6H3. The predicted molar refractivity (Wildman–Crippen MR) is 146 cm³/mol. The molecule has 0 aliphatic rings. The highest BCUT2D eigenvalue weighted by Crippen LogP contribution is 2.38. The van der Waals surface area contributed by atoms with Crippen molar-refractivity contribution in [1.82, 2.24) is 0 Å². The largest absolute Gasteiger partial charge is 0.488 e. The summed E-state index contributed by atoms with van der Waals surface area (Å²) in [5.74, 6) is 1.95. The maximum atomic E-state index is 6.23. The van der Waals surface area contributed by atoms with Crippen molar-refractivity contribution >= 4 is 0 Å². The van der Waals surface area contributed by atoms with Gasteiger partial charge in [0.15, 0.2) is 0 Å². The molecule has 0 heterocycles. The molecular weight excluding hydrogens is 428 g/mol. The smallest absolute Gasteiger partial charge is 0.125 e. The summed E-state index contributed by atoms with van der Waals surface area (Å²) in [7, 11) is 0. The zero-order chi connectivity index (χ0) is 25.0. The van der Waals surface area contributed by atoms with Crippen LogP contribution in [-0.4, -0.2) is 0 Å². The molecule has 4 aromatic carbocycles. The van der Waals surface area contributed by atoms with Crippen molar-refractivity contribution in [3.63, 3.8) is 0 Å². The lowest BCUT2D eigenvalue weighted by atomic mass is 9.76. The van der Waals surface area contributed by atoms with Gasteiger partial charge >= 0.3 is 0 Å². The first-order chi connectivity index (χ1) is 16.8. The zero-order valence-corrected chi connectivity index (χ0v) is 21.8. The fourth-order valence-corrected chi connectivity index (χ4v) is 4.70. The summed E-state index contributed by atoms with van der Waals surface area (Å²) in [5, 5.41) is 0. The second-order valence-electron chi connectivity index (χ2n) is 10.1. The molecule has 0 N–H and O–H groups in total. The lowest BCUT2D eigenvalue weighted by Crippen LogP contribution is -2.20. The molecule has 0 unspecified atom stereocenters. The molecule has 0 atom stereocenters. The Balaban J connectivity index is 1.56. The number of benzene rings is 4. The van der Waals surface area contributed by atoms with Gasteiger partial charge in [0.2, 0.25) is 0 Å². The first-order valence-electron chi connectivity index (χ1n) is 12.3. The van der Waals surface area contributed by atoms with E-state index in [1.54, 1.807) is 0 Å². The van der Waals surface area contributed by atoms with Crippen molar-refractivity contribution in [1.29, 1.82) is 0 Å². The lowest BCUT2D eigenvalue weighted by Gasteiger charge is -2.29. The summed E-state index contributed by atoms with van der Waals surface area (Å²) >= 11 is 0. The molecule has 4 aromatic rings. The number of ether oxygens (including phenoxy) is 2. The summed E-state index contributed by atoms with van der Waals surface area (Å²) in [6.45, 7) is 14.3. The van der Waals surface area contributed by atoms with Gasteiger partial charge in [0.05, 0.1) is 0 Å². The van der Waals surface area contributed by atoms with E-state index in [1.165, 1.54) is 44.5 Å². The molecule has 0 aliphatic carbocycles. The van der Waals surface area contributed by atoms with E-state index in [1.807, 2.05) is 36.4 Å². The molecule has 0 saturated heterocycles. The van der Waals surface area contributed by atoms with Gasteiger partial charge in [0, 0.05) is 5.41 Å². The van der Waals surface area contributed by atoms with Crippen LogP contribution in [0, 0.1) is 27.7 Å². The minimum atomic E-state index is -0.152. The normalized spacial score (nSPS) is 11.4. The quantitative estimate of drug-likeness (QED) is 0.261. The molecule has 2 nitrogen and oxygen atoms in total. The van der Waals surface area contributed by atoms with Crippen LogP contribution in [0.5, 0.6) is 11.5 Å². The van der Waals surface area contributed by atoms with Crippen LogP contribution in [-0.2, 0) is 18.6 Å². The molecule has 180 valence electrons. The van der Waals surface area contributed by atoms with Crippen LogP contribution in [0.4, 0.5) is 0 Å². The van der Waals surface area contributed by atoms with Gasteiger partial charge in [-0.2, -0.15) is 0 Å². The predicted octanol–water partition coefficient (Wildman–Crippen LogP) is 8.40. The Morgan fingerprint density at radius 1 is 0.514 bits per heavy atom. The van der Waals surface area contributed by atoms with Gasteiger partial charge < -0.3 is 9.47 Å². The van der Waals surface area contributed by atoms with E-state index in [0.29, 0.717) is 13.2 Å². The molecular formula is C33H36O2. The van der Waals surface area contributed by atoms with Crippen LogP contribution in [0.1, 0.15) is 58.4 Å². The summed E-state index contributed by atoms with van der Waals surface area (Å²) in [6.07, 6.45) is 0. The third-order valence-electron chi connectivity index (χ3n) is 6.82. The monoisotopic (exact) mass is 464 g/mol. The molecule has 0 aliphatic heterocycles. The van der Waals surface area contributed by atoms with Gasteiger partial charge in [-0.05, 0) is 72.2 Å². The van der Waals surface area contributed by atoms with Crippen LogP contribution in [0.3, 0.4) is 0 Å². The molecule has 35 heavy (non-hydrogen) atoms. The summed E-state index contributed by atoms with van der Waals surface area (Å²) in [4.78, 5) is 0. The van der Waals surface area contributed by atoms with Gasteiger partial charge in [-0.15, -0.1) is 0 Å². The number of rotatable bonds is 8. The molecule has 0 bridgehead atoms. The molecule has 4 rings (SSSR count). The van der Waals surface area contributed by atoms with Gasteiger partial charge in [-0.1, -0.05) is 98.8 Å². The third kappa shape index (κ3) is 5.59. The van der Waals surface area contributed by atoms with Crippen LogP contribution < -0.4 is 9.47 Å². The Bertz CT molecular complexity index is 1140. The topological polar surface area (TPSA) is 18.5 Å². The minimum absolute atomic E-state index is 0.152. The van der Waals surface area contributed by atoms with Crippen molar-refractivity contribution in [3.05, 3.63) is 129 Å². The van der Waals surface area contributed by atoms with E-state index in [2.05, 4.69) is 90.1 Å². The van der Waals surface area contributed by atoms with Gasteiger partial charge in [0.25, 0.3) is 0 Å². The van der Waals surface area contributed by atoms with Crippen molar-refractivity contribution < 1.29 is 9.47 Å². The Kier molecular flexibility index (Phi) is 7.31. The first-order valence-corrected chi connectivity index (χ1v) is 12.3. The maximum Gasteiger partial charge on any atom is 0.125 e. The highest BCUT2D eigenvalue weighted by atomic mass is 16.5. The third-order valence-corrected chi connectivity index (χ3v) is 6.82. The SMILES string of the molecule is Cc1cc(C(C)(C)c2cc(C)c(OCc3ccccc3)c(C)c2)cc(C)c1OCc1ccccc1. The van der Waals surface area contributed by atoms with E-state index >= 15 is 0 Å². The average Bonchev–Trinajstić information content (AvgIpc) is 2.84. The van der Waals surface area contributed by atoms with E-state index in [-0.39, 0.29) is 5.41 Å².